The van der Waals surface area contributed by atoms with Crippen LogP contribution >= 0.6 is 11.8 Å². The lowest BCUT2D eigenvalue weighted by molar-refractivity contribution is -0.117. The van der Waals surface area contributed by atoms with Crippen molar-refractivity contribution in [1.82, 2.24) is 9.55 Å². The summed E-state index contributed by atoms with van der Waals surface area (Å²) in [6.07, 6.45) is 1.53. The van der Waals surface area contributed by atoms with Crippen molar-refractivity contribution in [3.8, 4) is 11.4 Å². The Hall–Kier alpha value is -3.58. The van der Waals surface area contributed by atoms with Gasteiger partial charge in [-0.05, 0) is 48.4 Å². The van der Waals surface area contributed by atoms with Crippen molar-refractivity contribution >= 4 is 34.3 Å². The number of para-hydroxylation sites is 1. The molecule has 166 valence electrons. The number of rotatable bonds is 6. The van der Waals surface area contributed by atoms with Crippen molar-refractivity contribution in [1.29, 1.82) is 0 Å². The van der Waals surface area contributed by atoms with Crippen LogP contribution in [-0.2, 0) is 10.5 Å². The topological polar surface area (TPSA) is 64.4 Å². The molecule has 1 aromatic heterocycles. The van der Waals surface area contributed by atoms with E-state index in [9.17, 15) is 9.59 Å². The van der Waals surface area contributed by atoms with E-state index in [-0.39, 0.29) is 11.5 Å². The summed E-state index contributed by atoms with van der Waals surface area (Å²) in [5, 5.41) is 1.19. The number of methoxy groups -OCH3 is 1. The minimum atomic E-state index is -0.112. The molecule has 0 radical (unpaired) electrons. The minimum absolute atomic E-state index is 0.112. The molecule has 0 N–H and O–H groups in total. The molecule has 1 aliphatic rings. The third kappa shape index (κ3) is 4.24. The fourth-order valence-electron chi connectivity index (χ4n) is 4.03. The van der Waals surface area contributed by atoms with Gasteiger partial charge < -0.3 is 9.64 Å². The molecule has 0 aliphatic carbocycles. The maximum Gasteiger partial charge on any atom is 0.266 e. The number of ether oxygens (including phenoxy) is 1. The molecule has 5 rings (SSSR count). The molecule has 0 unspecified atom stereocenters. The van der Waals surface area contributed by atoms with Crippen molar-refractivity contribution in [2.45, 2.75) is 23.8 Å². The zero-order valence-electron chi connectivity index (χ0n) is 18.2. The highest BCUT2D eigenvalue weighted by molar-refractivity contribution is 7.98. The second-order valence-corrected chi connectivity index (χ2v) is 8.80. The van der Waals surface area contributed by atoms with E-state index in [0.717, 1.165) is 24.2 Å². The first-order valence-corrected chi connectivity index (χ1v) is 11.8. The van der Waals surface area contributed by atoms with Crippen LogP contribution in [0.5, 0.6) is 5.75 Å². The number of carbonyl (C=O) groups excluding carboxylic acids is 1. The smallest absolute Gasteiger partial charge is 0.266 e. The number of benzene rings is 3. The van der Waals surface area contributed by atoms with Crippen LogP contribution < -0.4 is 15.2 Å². The zero-order valence-corrected chi connectivity index (χ0v) is 19.0. The first-order chi connectivity index (χ1) is 16.1. The van der Waals surface area contributed by atoms with Crippen LogP contribution in [0.4, 0.5) is 5.69 Å². The fraction of sp³-hybridized carbons (Fsp3) is 0.192. The van der Waals surface area contributed by atoms with Gasteiger partial charge in [0.25, 0.3) is 5.56 Å². The first-order valence-electron chi connectivity index (χ1n) is 10.8. The number of aromatic nitrogens is 2. The van der Waals surface area contributed by atoms with Crippen molar-refractivity contribution in [2.24, 2.45) is 0 Å². The van der Waals surface area contributed by atoms with E-state index in [4.69, 9.17) is 9.72 Å². The van der Waals surface area contributed by atoms with Crippen LogP contribution in [0.15, 0.2) is 82.7 Å². The summed E-state index contributed by atoms with van der Waals surface area (Å²) < 4.78 is 7.01. The Morgan fingerprint density at radius 2 is 1.79 bits per heavy atom. The number of fused-ring (bicyclic) bond motifs is 1. The molecule has 2 heterocycles. The van der Waals surface area contributed by atoms with E-state index in [0.29, 0.717) is 39.7 Å². The highest BCUT2D eigenvalue weighted by atomic mass is 32.2. The quantitative estimate of drug-likeness (QED) is 0.307. The molecule has 1 fully saturated rings. The van der Waals surface area contributed by atoms with Crippen LogP contribution in [0.3, 0.4) is 0 Å². The van der Waals surface area contributed by atoms with Gasteiger partial charge in [0.1, 0.15) is 5.75 Å². The Morgan fingerprint density at radius 1 is 0.970 bits per heavy atom. The summed E-state index contributed by atoms with van der Waals surface area (Å²) in [6, 6.07) is 22.9. The van der Waals surface area contributed by atoms with Crippen molar-refractivity contribution in [3.05, 3.63) is 88.7 Å². The van der Waals surface area contributed by atoms with Gasteiger partial charge in [-0.3, -0.25) is 14.2 Å². The fourth-order valence-corrected chi connectivity index (χ4v) is 5.00. The van der Waals surface area contributed by atoms with E-state index in [1.807, 2.05) is 71.6 Å². The van der Waals surface area contributed by atoms with Gasteiger partial charge in [-0.25, -0.2) is 4.98 Å². The lowest BCUT2D eigenvalue weighted by Crippen LogP contribution is -2.23. The summed E-state index contributed by atoms with van der Waals surface area (Å²) in [6.45, 7) is 0.779. The summed E-state index contributed by atoms with van der Waals surface area (Å²) in [5.41, 5.74) is 3.30. The summed E-state index contributed by atoms with van der Waals surface area (Å²) in [7, 11) is 1.61. The van der Waals surface area contributed by atoms with E-state index in [1.165, 1.54) is 11.8 Å². The molecular formula is C26H23N3O3S. The molecular weight excluding hydrogens is 434 g/mol. The molecule has 0 saturated carbocycles. The predicted molar refractivity (Wildman–Crippen MR) is 131 cm³/mol. The highest BCUT2D eigenvalue weighted by Crippen LogP contribution is 2.28. The second kappa shape index (κ2) is 9.11. The number of carbonyl (C=O) groups is 1. The summed E-state index contributed by atoms with van der Waals surface area (Å²) in [4.78, 5) is 32.1. The number of nitrogens with zero attached hydrogens (tertiary/aromatic N) is 3. The monoisotopic (exact) mass is 457 g/mol. The van der Waals surface area contributed by atoms with Gasteiger partial charge in [-0.2, -0.15) is 0 Å². The molecule has 3 aromatic carbocycles. The number of amides is 1. The lowest BCUT2D eigenvalue weighted by atomic mass is 10.2. The maximum absolute atomic E-state index is 13.4. The largest absolute Gasteiger partial charge is 0.497 e. The van der Waals surface area contributed by atoms with Crippen molar-refractivity contribution in [2.75, 3.05) is 18.6 Å². The average molecular weight is 458 g/mol. The van der Waals surface area contributed by atoms with Gasteiger partial charge in [0.05, 0.1) is 23.7 Å². The van der Waals surface area contributed by atoms with Gasteiger partial charge in [0.15, 0.2) is 5.16 Å². The Kier molecular flexibility index (Phi) is 5.88. The molecule has 6 nitrogen and oxygen atoms in total. The van der Waals surface area contributed by atoms with Gasteiger partial charge >= 0.3 is 0 Å². The normalized spacial score (nSPS) is 13.6. The maximum atomic E-state index is 13.4. The molecule has 1 amide bonds. The third-order valence-electron chi connectivity index (χ3n) is 5.75. The van der Waals surface area contributed by atoms with Crippen LogP contribution in [0, 0.1) is 0 Å². The molecule has 0 atom stereocenters. The lowest BCUT2D eigenvalue weighted by Gasteiger charge is -2.16. The van der Waals surface area contributed by atoms with Crippen LogP contribution in [-0.4, -0.2) is 29.1 Å². The van der Waals surface area contributed by atoms with E-state index >= 15 is 0 Å². The Bertz CT molecular complexity index is 1380. The molecule has 0 bridgehead atoms. The average Bonchev–Trinajstić information content (AvgIpc) is 3.29. The predicted octanol–water partition coefficient (Wildman–Crippen LogP) is 4.81. The zero-order chi connectivity index (χ0) is 22.8. The number of anilines is 1. The number of thioether (sulfide) groups is 1. The van der Waals surface area contributed by atoms with Gasteiger partial charge in [0.2, 0.25) is 5.91 Å². The van der Waals surface area contributed by atoms with Crippen molar-refractivity contribution in [3.63, 3.8) is 0 Å². The highest BCUT2D eigenvalue weighted by Gasteiger charge is 2.21. The van der Waals surface area contributed by atoms with Gasteiger partial charge in [0, 0.05) is 30.5 Å². The Balaban J connectivity index is 1.48. The summed E-state index contributed by atoms with van der Waals surface area (Å²) >= 11 is 1.51. The van der Waals surface area contributed by atoms with Crippen LogP contribution in [0.2, 0.25) is 0 Å². The molecule has 33 heavy (non-hydrogen) atoms. The van der Waals surface area contributed by atoms with Crippen molar-refractivity contribution < 1.29 is 9.53 Å². The third-order valence-corrected chi connectivity index (χ3v) is 6.76. The standard InChI is InChI=1S/C26H23N3O3S/c1-32-21-7-4-6-20(16-21)29-25(31)22-8-2-3-9-23(22)27-26(29)33-17-18-11-13-19(14-12-18)28-15-5-10-24(28)30/h2-4,6-9,11-14,16H,5,10,15,17H2,1H3. The minimum Gasteiger partial charge on any atom is -0.497 e. The summed E-state index contributed by atoms with van der Waals surface area (Å²) in [5.74, 6) is 1.50. The molecule has 4 aromatic rings. The molecule has 0 spiro atoms. The van der Waals surface area contributed by atoms with Gasteiger partial charge in [-0.1, -0.05) is 42.1 Å². The number of hydrogen-bond donors (Lipinski definition) is 0. The SMILES string of the molecule is COc1cccc(-n2c(SCc3ccc(N4CCCC4=O)cc3)nc3ccccc3c2=O)c1. The second-order valence-electron chi connectivity index (χ2n) is 7.86. The number of hydrogen-bond acceptors (Lipinski definition) is 5. The van der Waals surface area contributed by atoms with E-state index in [1.54, 1.807) is 17.7 Å². The Labute approximate surface area is 195 Å². The van der Waals surface area contributed by atoms with Crippen LogP contribution in [0.25, 0.3) is 16.6 Å². The molecule has 7 heteroatoms. The molecule has 1 saturated heterocycles. The molecule has 1 aliphatic heterocycles. The first kappa shape index (κ1) is 21.3. The van der Waals surface area contributed by atoms with E-state index in [2.05, 4.69) is 0 Å². The van der Waals surface area contributed by atoms with Crippen LogP contribution in [0.1, 0.15) is 18.4 Å². The Morgan fingerprint density at radius 3 is 2.55 bits per heavy atom. The van der Waals surface area contributed by atoms with Gasteiger partial charge in [-0.15, -0.1) is 0 Å². The van der Waals surface area contributed by atoms with E-state index < -0.39 is 0 Å².